The second-order valence-electron chi connectivity index (χ2n) is 7.79. The molecule has 0 radical (unpaired) electrons. The van der Waals surface area contributed by atoms with Gasteiger partial charge in [0, 0.05) is 26.5 Å². The number of nitrogens with one attached hydrogen (secondary N) is 2. The van der Waals surface area contributed by atoms with Crippen LogP contribution in [0.15, 0.2) is 52.7 Å². The van der Waals surface area contributed by atoms with Crippen LogP contribution in [-0.4, -0.2) is 33.6 Å². The molecule has 0 unspecified atom stereocenters. The van der Waals surface area contributed by atoms with E-state index in [1.54, 1.807) is 47.8 Å². The van der Waals surface area contributed by atoms with E-state index >= 15 is 0 Å². The first-order chi connectivity index (χ1) is 19.0. The maximum Gasteiger partial charge on any atom is 0.338 e. The highest BCUT2D eigenvalue weighted by atomic mass is 35.5. The molecule has 4 aromatic rings. The second-order valence-corrected chi connectivity index (χ2v) is 12.1. The van der Waals surface area contributed by atoms with Crippen molar-refractivity contribution in [2.45, 2.75) is 4.90 Å². The van der Waals surface area contributed by atoms with Crippen LogP contribution in [0.5, 0.6) is 0 Å². The summed E-state index contributed by atoms with van der Waals surface area (Å²) < 4.78 is 0. The predicted molar refractivity (Wildman–Crippen MR) is 165 cm³/mol. The monoisotopic (exact) mass is 693 g/mol. The number of thioether (sulfide) groups is 1. The van der Waals surface area contributed by atoms with Crippen molar-refractivity contribution in [3.05, 3.63) is 89.1 Å². The highest BCUT2D eigenvalue weighted by Crippen LogP contribution is 2.42. The zero-order chi connectivity index (χ0) is 29.1. The van der Waals surface area contributed by atoms with Crippen LogP contribution in [-0.2, 0) is 4.79 Å². The third kappa shape index (κ3) is 6.98. The van der Waals surface area contributed by atoms with E-state index in [0.717, 1.165) is 4.90 Å². The molecule has 40 heavy (non-hydrogen) atoms. The Bertz CT molecular complexity index is 1650. The number of hydrogen-bond acceptors (Lipinski definition) is 6. The lowest BCUT2D eigenvalue weighted by Gasteiger charge is -2.14. The smallest absolute Gasteiger partial charge is 0.338 e. The van der Waals surface area contributed by atoms with Crippen molar-refractivity contribution >= 4 is 121 Å². The molecule has 1 aromatic heterocycles. The maximum absolute atomic E-state index is 12.9. The summed E-state index contributed by atoms with van der Waals surface area (Å²) in [5.41, 5.74) is 0.664. The van der Waals surface area contributed by atoms with E-state index in [9.17, 15) is 19.5 Å². The first-order valence-electron chi connectivity index (χ1n) is 10.8. The molecule has 7 nitrogen and oxygen atoms in total. The van der Waals surface area contributed by atoms with Crippen LogP contribution in [0.25, 0.3) is 11.3 Å². The molecule has 2 amide bonds. The molecular formula is C25H13Cl6N3O4S2. The lowest BCUT2D eigenvalue weighted by Crippen LogP contribution is -2.18. The van der Waals surface area contributed by atoms with Gasteiger partial charge in [-0.15, -0.1) is 23.1 Å². The van der Waals surface area contributed by atoms with Crippen LogP contribution < -0.4 is 10.6 Å². The number of benzene rings is 3. The highest BCUT2D eigenvalue weighted by molar-refractivity contribution is 8.00. The number of aromatic nitrogens is 1. The lowest BCUT2D eigenvalue weighted by molar-refractivity contribution is -0.113. The largest absolute Gasteiger partial charge is 0.478 e. The summed E-state index contributed by atoms with van der Waals surface area (Å²) in [6.07, 6.45) is 0. The first kappa shape index (κ1) is 30.7. The number of amides is 2. The number of nitrogens with zero attached hydrogens (tertiary/aromatic N) is 1. The number of aromatic carboxylic acids is 1. The Morgan fingerprint density at radius 3 is 2.12 bits per heavy atom. The van der Waals surface area contributed by atoms with Gasteiger partial charge in [0.2, 0.25) is 5.91 Å². The quantitative estimate of drug-likeness (QED) is 0.0963. The van der Waals surface area contributed by atoms with Crippen molar-refractivity contribution < 1.29 is 19.5 Å². The molecule has 206 valence electrons. The second kappa shape index (κ2) is 13.2. The molecule has 0 aliphatic heterocycles. The molecule has 0 aliphatic rings. The van der Waals surface area contributed by atoms with Crippen LogP contribution in [0.3, 0.4) is 0 Å². The van der Waals surface area contributed by atoms with Crippen LogP contribution in [0.4, 0.5) is 10.8 Å². The van der Waals surface area contributed by atoms with E-state index in [-0.39, 0.29) is 26.7 Å². The van der Waals surface area contributed by atoms with Gasteiger partial charge in [-0.05, 0) is 42.5 Å². The van der Waals surface area contributed by atoms with Crippen molar-refractivity contribution in [3.63, 3.8) is 0 Å². The van der Waals surface area contributed by atoms with Gasteiger partial charge in [0.1, 0.15) is 0 Å². The van der Waals surface area contributed by atoms with Crippen LogP contribution >= 0.6 is 92.7 Å². The standard InChI is InChI=1S/C25H13Cl6N3O4S2/c26-10-1-6-13(14(27)7-10)15-8-40-25(33-15)34-16(35)9-39-12-4-2-11(3-5-12)32-23(36)17-18(24(37)38)20(29)22(31)21(30)19(17)28/h1-8H,9H2,(H,32,36)(H,37,38)(H,33,34,35). The van der Waals surface area contributed by atoms with Gasteiger partial charge in [0.05, 0.1) is 47.7 Å². The number of anilines is 2. The van der Waals surface area contributed by atoms with Crippen molar-refractivity contribution in [1.82, 2.24) is 4.98 Å². The van der Waals surface area contributed by atoms with Gasteiger partial charge in [0.15, 0.2) is 5.13 Å². The van der Waals surface area contributed by atoms with E-state index in [1.807, 2.05) is 0 Å². The molecule has 1 heterocycles. The molecule has 0 bridgehead atoms. The molecular weight excluding hydrogens is 683 g/mol. The van der Waals surface area contributed by atoms with Gasteiger partial charge in [-0.2, -0.15) is 0 Å². The number of carbonyl (C=O) groups is 3. The van der Waals surface area contributed by atoms with Gasteiger partial charge in [-0.1, -0.05) is 69.6 Å². The average molecular weight is 696 g/mol. The summed E-state index contributed by atoms with van der Waals surface area (Å²) in [5.74, 6) is -2.51. The first-order valence-corrected chi connectivity index (χ1v) is 14.9. The Morgan fingerprint density at radius 2 is 1.50 bits per heavy atom. The Morgan fingerprint density at radius 1 is 0.850 bits per heavy atom. The fourth-order valence-electron chi connectivity index (χ4n) is 3.33. The highest BCUT2D eigenvalue weighted by Gasteiger charge is 2.29. The van der Waals surface area contributed by atoms with Crippen LogP contribution in [0.2, 0.25) is 30.1 Å². The van der Waals surface area contributed by atoms with Gasteiger partial charge >= 0.3 is 5.97 Å². The maximum atomic E-state index is 12.9. The summed E-state index contributed by atoms with van der Waals surface area (Å²) in [7, 11) is 0. The number of rotatable bonds is 8. The summed E-state index contributed by atoms with van der Waals surface area (Å²) in [6.45, 7) is 0. The average Bonchev–Trinajstić information content (AvgIpc) is 3.36. The lowest BCUT2D eigenvalue weighted by atomic mass is 10.1. The Balaban J connectivity index is 1.37. The molecule has 0 saturated heterocycles. The Labute approximate surface area is 265 Å². The molecule has 0 atom stereocenters. The molecule has 0 fully saturated rings. The number of carboxylic acid groups (broad SMARTS) is 1. The molecule has 4 rings (SSSR count). The predicted octanol–water partition coefficient (Wildman–Crippen LogP) is 9.41. The van der Waals surface area contributed by atoms with E-state index in [1.165, 1.54) is 23.1 Å². The van der Waals surface area contributed by atoms with Crippen LogP contribution in [0, 0.1) is 0 Å². The summed E-state index contributed by atoms with van der Waals surface area (Å²) >= 11 is 38.8. The fourth-order valence-corrected chi connectivity index (χ4v) is 6.28. The summed E-state index contributed by atoms with van der Waals surface area (Å²) in [6, 6.07) is 11.6. The van der Waals surface area contributed by atoms with Gasteiger partial charge in [-0.25, -0.2) is 9.78 Å². The number of carbonyl (C=O) groups excluding carboxylic acids is 2. The van der Waals surface area contributed by atoms with Gasteiger partial charge < -0.3 is 15.7 Å². The minimum Gasteiger partial charge on any atom is -0.478 e. The Kier molecular flexibility index (Phi) is 10.1. The van der Waals surface area contributed by atoms with Crippen molar-refractivity contribution in [2.75, 3.05) is 16.4 Å². The molecule has 3 N–H and O–H groups in total. The van der Waals surface area contributed by atoms with Crippen molar-refractivity contribution in [3.8, 4) is 11.3 Å². The molecule has 0 spiro atoms. The SMILES string of the molecule is O=C(CSc1ccc(NC(=O)c2c(Cl)c(Cl)c(Cl)c(Cl)c2C(=O)O)cc1)Nc1nc(-c2ccc(Cl)cc2Cl)cs1. The van der Waals surface area contributed by atoms with E-state index < -0.39 is 28.0 Å². The van der Waals surface area contributed by atoms with Crippen molar-refractivity contribution in [2.24, 2.45) is 0 Å². The molecule has 0 saturated carbocycles. The summed E-state index contributed by atoms with van der Waals surface area (Å²) in [5, 5.41) is 16.8. The van der Waals surface area contributed by atoms with E-state index in [4.69, 9.17) is 69.6 Å². The number of hydrogen-bond donors (Lipinski definition) is 3. The number of thiazole rings is 1. The normalized spacial score (nSPS) is 10.8. The zero-order valence-electron chi connectivity index (χ0n) is 19.5. The minimum atomic E-state index is -1.50. The van der Waals surface area contributed by atoms with E-state index in [0.29, 0.717) is 32.1 Å². The van der Waals surface area contributed by atoms with E-state index in [2.05, 4.69) is 15.6 Å². The molecule has 3 aromatic carbocycles. The third-order valence-corrected chi connectivity index (χ3v) is 9.27. The summed E-state index contributed by atoms with van der Waals surface area (Å²) in [4.78, 5) is 42.2. The van der Waals surface area contributed by atoms with Crippen LogP contribution in [0.1, 0.15) is 20.7 Å². The molecule has 15 heteroatoms. The van der Waals surface area contributed by atoms with Gasteiger partial charge in [-0.3, -0.25) is 9.59 Å². The van der Waals surface area contributed by atoms with Gasteiger partial charge in [0.25, 0.3) is 5.91 Å². The molecule has 0 aliphatic carbocycles. The van der Waals surface area contributed by atoms with Crippen molar-refractivity contribution in [1.29, 1.82) is 0 Å². The number of carboxylic acids is 1. The third-order valence-electron chi connectivity index (χ3n) is 5.15. The Hall–Kier alpha value is -2.21. The topological polar surface area (TPSA) is 108 Å². The minimum absolute atomic E-state index is 0.0989. The zero-order valence-corrected chi connectivity index (χ0v) is 25.7. The number of halogens is 6. The fraction of sp³-hybridized carbons (Fsp3) is 0.0400.